The minimum atomic E-state index is -0.319. The molecule has 1 aliphatic rings. The molecule has 1 amide bonds. The smallest absolute Gasteiger partial charge is 0.284 e. The maximum Gasteiger partial charge on any atom is 0.284 e. The average Bonchev–Trinajstić information content (AvgIpc) is 3.42. The number of nitrogens with zero attached hydrogens (tertiary/aromatic N) is 2. The van der Waals surface area contributed by atoms with Crippen LogP contribution in [0.4, 0.5) is 5.69 Å². The molecule has 182 valence electrons. The van der Waals surface area contributed by atoms with Crippen LogP contribution < -0.4 is 11.1 Å². The number of halogens is 1. The molecule has 1 aromatic heterocycles. The Hall–Kier alpha value is -3.96. The number of hydrogen-bond acceptors (Lipinski definition) is 5. The van der Waals surface area contributed by atoms with Crippen LogP contribution in [0.1, 0.15) is 34.6 Å². The van der Waals surface area contributed by atoms with E-state index in [1.165, 1.54) is 0 Å². The summed E-state index contributed by atoms with van der Waals surface area (Å²) in [6, 6.07) is 7.04. The number of ether oxygens (including phenoxy) is 1. The van der Waals surface area contributed by atoms with Crippen LogP contribution in [0.15, 0.2) is 61.1 Å². The lowest BCUT2D eigenvalue weighted by molar-refractivity contribution is 0.101. The zero-order valence-electron chi connectivity index (χ0n) is 19.8. The third kappa shape index (κ3) is 11.1. The number of aryl methyl sites for hydroxylation is 1. The fraction of sp³-hybridized carbons (Fsp3) is 0.240. The molecule has 1 saturated heterocycles. The zero-order chi connectivity index (χ0) is 26.1. The Morgan fingerprint density at radius 1 is 1.32 bits per heavy atom. The molecule has 0 radical (unpaired) electrons. The summed E-state index contributed by atoms with van der Waals surface area (Å²) in [6.45, 7) is 9.53. The van der Waals surface area contributed by atoms with Crippen LogP contribution in [0.5, 0.6) is 0 Å². The number of terminal acetylenes is 1. The van der Waals surface area contributed by atoms with Gasteiger partial charge >= 0.3 is 0 Å². The topological polar surface area (TPSA) is 113 Å². The molecule has 0 spiro atoms. The van der Waals surface area contributed by atoms with Gasteiger partial charge in [-0.1, -0.05) is 23.8 Å². The van der Waals surface area contributed by atoms with Crippen molar-refractivity contribution >= 4 is 35.5 Å². The van der Waals surface area contributed by atoms with Crippen molar-refractivity contribution in [3.05, 3.63) is 77.2 Å². The van der Waals surface area contributed by atoms with Gasteiger partial charge in [-0.05, 0) is 38.1 Å². The first-order chi connectivity index (χ1) is 16.2. The quantitative estimate of drug-likeness (QED) is 0.332. The summed E-state index contributed by atoms with van der Waals surface area (Å²) in [7, 11) is 1.76. The molecule has 1 aliphatic heterocycles. The van der Waals surface area contributed by atoms with Crippen molar-refractivity contribution in [2.45, 2.75) is 13.8 Å². The Morgan fingerprint density at radius 3 is 2.35 bits per heavy atom. The number of allylic oxidation sites excluding steroid dienone is 2. The van der Waals surface area contributed by atoms with Gasteiger partial charge in [-0.3, -0.25) is 15.0 Å². The molecular weight excluding hydrogens is 454 g/mol. The molecule has 0 saturated carbocycles. The van der Waals surface area contributed by atoms with Crippen molar-refractivity contribution in [3.8, 4) is 12.8 Å². The highest BCUT2D eigenvalue weighted by atomic mass is 35.5. The number of carbonyl (C=O) groups excluding carboxylic acids is 2. The molecule has 8 nitrogen and oxygen atoms in total. The molecule has 0 bridgehead atoms. The number of amidine groups is 1. The van der Waals surface area contributed by atoms with E-state index >= 15 is 0 Å². The van der Waals surface area contributed by atoms with Crippen molar-refractivity contribution in [1.29, 1.82) is 5.41 Å². The molecule has 2 heterocycles. The number of hydrogen-bond donors (Lipinski definition) is 3. The maximum absolute atomic E-state index is 12.0. The zero-order valence-corrected chi connectivity index (χ0v) is 20.5. The number of nitrogens with two attached hydrogens (primary N) is 1. The fourth-order valence-electron chi connectivity index (χ4n) is 2.40. The predicted molar refractivity (Wildman–Crippen MR) is 139 cm³/mol. The monoisotopic (exact) mass is 485 g/mol. The first-order valence-corrected chi connectivity index (χ1v) is 10.6. The van der Waals surface area contributed by atoms with E-state index in [-0.39, 0.29) is 11.9 Å². The van der Waals surface area contributed by atoms with E-state index in [0.717, 1.165) is 18.8 Å². The minimum Gasteiger partial charge on any atom is -0.463 e. The van der Waals surface area contributed by atoms with Gasteiger partial charge in [0.15, 0.2) is 6.29 Å². The molecule has 34 heavy (non-hydrogen) atoms. The van der Waals surface area contributed by atoms with Gasteiger partial charge in [0.1, 0.15) is 6.61 Å². The maximum atomic E-state index is 12.0. The number of amides is 1. The highest BCUT2D eigenvalue weighted by Gasteiger charge is 2.15. The van der Waals surface area contributed by atoms with Gasteiger partial charge in [-0.15, -0.1) is 19.4 Å². The van der Waals surface area contributed by atoms with E-state index in [2.05, 4.69) is 24.7 Å². The molecule has 0 aliphatic carbocycles. The Kier molecular flexibility index (Phi) is 14.7. The van der Waals surface area contributed by atoms with Crippen LogP contribution in [-0.4, -0.2) is 47.4 Å². The molecule has 1 aromatic carbocycles. The number of anilines is 1. The second-order valence-electron chi connectivity index (χ2n) is 6.79. The summed E-state index contributed by atoms with van der Waals surface area (Å²) in [5.41, 5.74) is 7.38. The van der Waals surface area contributed by atoms with Crippen molar-refractivity contribution in [3.63, 3.8) is 0 Å². The summed E-state index contributed by atoms with van der Waals surface area (Å²) >= 11 is 5.75. The lowest BCUT2D eigenvalue weighted by atomic mass is 10.2. The third-order valence-corrected chi connectivity index (χ3v) is 4.40. The third-order valence-electron chi connectivity index (χ3n) is 4.15. The van der Waals surface area contributed by atoms with Gasteiger partial charge in [-0.25, -0.2) is 0 Å². The van der Waals surface area contributed by atoms with Crippen LogP contribution in [-0.2, 0) is 11.8 Å². The molecule has 9 heteroatoms. The molecule has 0 unspecified atom stereocenters. The number of aromatic nitrogens is 1. The standard InChI is InChI=1S/C13H11ClN2O2.C6H10N2O.C4H9N.C2H2/c1-16-6-9(8-17)12(7-16)13(18)15-11-4-2-10(14)3-5-11;1-2-3-8-4-5-9-6(8)7;1-3-4(2)5;1-2/h2-8H,1H3,(H,15,18);2,7H,1,3-5H2;3H,5H2,1-2H3;1-2H/b;;4-3+;. The SMILES string of the molecule is C#C.C/C=C(\C)N.C=CCN1CCOC1=N.Cn1cc(C=O)c(C(=O)Nc2ccc(Cl)cc2)c1. The van der Waals surface area contributed by atoms with Crippen molar-refractivity contribution in [2.24, 2.45) is 12.8 Å². The fourth-order valence-corrected chi connectivity index (χ4v) is 2.52. The van der Waals surface area contributed by atoms with Gasteiger partial charge in [0.25, 0.3) is 11.9 Å². The highest BCUT2D eigenvalue weighted by Crippen LogP contribution is 2.15. The van der Waals surface area contributed by atoms with Gasteiger partial charge < -0.3 is 25.3 Å². The molecular formula is C25H32ClN5O3. The largest absolute Gasteiger partial charge is 0.463 e. The van der Waals surface area contributed by atoms with Crippen LogP contribution in [0.25, 0.3) is 0 Å². The van der Waals surface area contributed by atoms with Crippen LogP contribution in [0, 0.1) is 18.3 Å². The number of nitrogens with one attached hydrogen (secondary N) is 2. The van der Waals surface area contributed by atoms with E-state index in [1.54, 1.807) is 54.3 Å². The van der Waals surface area contributed by atoms with Gasteiger partial charge in [0, 0.05) is 48.0 Å². The summed E-state index contributed by atoms with van der Waals surface area (Å²) in [5, 5.41) is 10.5. The van der Waals surface area contributed by atoms with Gasteiger partial charge in [-0.2, -0.15) is 0 Å². The Balaban J connectivity index is 0.000000567. The Labute approximate surface area is 206 Å². The van der Waals surface area contributed by atoms with E-state index in [4.69, 9.17) is 27.5 Å². The predicted octanol–water partition coefficient (Wildman–Crippen LogP) is 4.30. The molecule has 0 atom stereocenters. The first-order valence-electron chi connectivity index (χ1n) is 10.2. The van der Waals surface area contributed by atoms with Crippen LogP contribution >= 0.6 is 11.6 Å². The molecule has 3 rings (SSSR count). The summed E-state index contributed by atoms with van der Waals surface area (Å²) in [5.74, 6) is -0.319. The number of benzene rings is 1. The minimum absolute atomic E-state index is 0.273. The van der Waals surface area contributed by atoms with Crippen molar-refractivity contribution in [2.75, 3.05) is 25.0 Å². The summed E-state index contributed by atoms with van der Waals surface area (Å²) < 4.78 is 6.55. The molecule has 1 fully saturated rings. The van der Waals surface area contributed by atoms with Crippen molar-refractivity contribution < 1.29 is 14.3 Å². The van der Waals surface area contributed by atoms with Crippen LogP contribution in [0.3, 0.4) is 0 Å². The number of aldehydes is 1. The van der Waals surface area contributed by atoms with Gasteiger partial charge in [0.2, 0.25) is 0 Å². The van der Waals surface area contributed by atoms with Gasteiger partial charge in [0.05, 0.1) is 12.1 Å². The van der Waals surface area contributed by atoms with Crippen LogP contribution in [0.2, 0.25) is 5.02 Å². The van der Waals surface area contributed by atoms with E-state index in [9.17, 15) is 9.59 Å². The second kappa shape index (κ2) is 16.6. The lowest BCUT2D eigenvalue weighted by Crippen LogP contribution is -2.24. The lowest BCUT2D eigenvalue weighted by Gasteiger charge is -2.09. The molecule has 2 aromatic rings. The summed E-state index contributed by atoms with van der Waals surface area (Å²) in [6.07, 6.45) is 15.5. The van der Waals surface area contributed by atoms with Crippen molar-refractivity contribution in [1.82, 2.24) is 9.47 Å². The Bertz CT molecular complexity index is 990. The molecule has 4 N–H and O–H groups in total. The summed E-state index contributed by atoms with van der Waals surface area (Å²) in [4.78, 5) is 24.6. The number of carbonyl (C=O) groups is 2. The average molecular weight is 486 g/mol. The second-order valence-corrected chi connectivity index (χ2v) is 7.23. The van der Waals surface area contributed by atoms with E-state index in [0.29, 0.717) is 34.7 Å². The number of rotatable bonds is 5. The normalized spacial score (nSPS) is 11.9. The first kappa shape index (κ1) is 30.0. The van der Waals surface area contributed by atoms with E-state index < -0.39 is 0 Å². The highest BCUT2D eigenvalue weighted by molar-refractivity contribution is 6.30. The Morgan fingerprint density at radius 2 is 1.91 bits per heavy atom. The van der Waals surface area contributed by atoms with E-state index in [1.807, 2.05) is 24.8 Å².